The van der Waals surface area contributed by atoms with Crippen LogP contribution >= 0.6 is 0 Å². The van der Waals surface area contributed by atoms with Crippen molar-refractivity contribution in [3.05, 3.63) is 23.5 Å². The van der Waals surface area contributed by atoms with Crippen molar-refractivity contribution < 1.29 is 14.3 Å². The van der Waals surface area contributed by atoms with Gasteiger partial charge in [-0.25, -0.2) is 0 Å². The topological polar surface area (TPSA) is 71.2 Å². The molecule has 0 fully saturated rings. The number of H-pyrrole nitrogens is 1. The highest BCUT2D eigenvalue weighted by Crippen LogP contribution is 2.00. The number of nitrogens with one attached hydrogen (secondary N) is 2. The van der Waals surface area contributed by atoms with Gasteiger partial charge in [-0.15, -0.1) is 0 Å². The maximum Gasteiger partial charge on any atom is 0.267 e. The maximum absolute atomic E-state index is 11.4. The number of methoxy groups -OCH3 is 1. The molecular weight excluding hydrogens is 196 g/mol. The average Bonchev–Trinajstić information content (AvgIpc) is 2.72. The van der Waals surface area contributed by atoms with Gasteiger partial charge in [0.25, 0.3) is 5.91 Å². The Hall–Kier alpha value is -1.62. The predicted octanol–water partition coefficient (Wildman–Crippen LogP) is 0.594. The summed E-state index contributed by atoms with van der Waals surface area (Å²) in [6.07, 6.45) is 2.96. The van der Waals surface area contributed by atoms with Crippen molar-refractivity contribution in [2.24, 2.45) is 0 Å². The summed E-state index contributed by atoms with van der Waals surface area (Å²) in [4.78, 5) is 24.5. The van der Waals surface area contributed by atoms with Gasteiger partial charge in [-0.05, 0) is 12.5 Å². The number of hydrogen-bond acceptors (Lipinski definition) is 3. The molecule has 0 aliphatic heterocycles. The molecule has 1 aromatic heterocycles. The summed E-state index contributed by atoms with van der Waals surface area (Å²) in [7, 11) is 1.61. The summed E-state index contributed by atoms with van der Waals surface area (Å²) in [6, 6.07) is 1.51. The summed E-state index contributed by atoms with van der Waals surface area (Å²) in [6.45, 7) is 1.17. The normalized spacial score (nSPS) is 9.93. The van der Waals surface area contributed by atoms with E-state index >= 15 is 0 Å². The van der Waals surface area contributed by atoms with E-state index in [0.717, 1.165) is 6.42 Å². The first kappa shape index (κ1) is 11.5. The number of amides is 1. The number of ether oxygens (including phenoxy) is 1. The second-order valence-electron chi connectivity index (χ2n) is 3.07. The van der Waals surface area contributed by atoms with E-state index in [-0.39, 0.29) is 5.91 Å². The highest BCUT2D eigenvalue weighted by Gasteiger charge is 2.06. The van der Waals surface area contributed by atoms with Gasteiger partial charge >= 0.3 is 0 Å². The highest BCUT2D eigenvalue weighted by molar-refractivity contribution is 5.94. The van der Waals surface area contributed by atoms with Gasteiger partial charge in [-0.3, -0.25) is 9.59 Å². The Labute approximate surface area is 87.8 Å². The average molecular weight is 210 g/mol. The Morgan fingerprint density at radius 3 is 3.07 bits per heavy atom. The molecule has 82 valence electrons. The zero-order valence-corrected chi connectivity index (χ0v) is 8.58. The van der Waals surface area contributed by atoms with E-state index in [1.165, 1.54) is 12.3 Å². The molecule has 0 bridgehead atoms. The smallest absolute Gasteiger partial charge is 0.267 e. The molecule has 1 heterocycles. The van der Waals surface area contributed by atoms with Crippen LogP contribution in [0.1, 0.15) is 27.3 Å². The molecule has 0 atom stereocenters. The van der Waals surface area contributed by atoms with Crippen molar-refractivity contribution in [2.75, 3.05) is 20.3 Å². The van der Waals surface area contributed by atoms with Gasteiger partial charge in [0, 0.05) is 32.0 Å². The van der Waals surface area contributed by atoms with E-state index < -0.39 is 0 Å². The molecule has 0 aliphatic rings. The number of aromatic nitrogens is 1. The number of aldehydes is 1. The van der Waals surface area contributed by atoms with Crippen molar-refractivity contribution in [3.63, 3.8) is 0 Å². The zero-order chi connectivity index (χ0) is 11.1. The van der Waals surface area contributed by atoms with Crippen molar-refractivity contribution in [3.8, 4) is 0 Å². The van der Waals surface area contributed by atoms with Gasteiger partial charge in [0.15, 0.2) is 6.29 Å². The Balaban J connectivity index is 2.36. The molecule has 0 radical (unpaired) electrons. The van der Waals surface area contributed by atoms with Crippen LogP contribution in [0.15, 0.2) is 12.3 Å². The van der Waals surface area contributed by atoms with Crippen LogP contribution in [-0.2, 0) is 4.74 Å². The largest absolute Gasteiger partial charge is 0.385 e. The molecule has 1 rings (SSSR count). The Morgan fingerprint density at radius 1 is 1.67 bits per heavy atom. The first-order chi connectivity index (χ1) is 7.27. The molecule has 0 saturated heterocycles. The number of hydrogen-bond donors (Lipinski definition) is 2. The molecule has 0 saturated carbocycles. The van der Waals surface area contributed by atoms with Gasteiger partial charge in [0.05, 0.1) is 0 Å². The molecule has 0 aromatic carbocycles. The number of carbonyl (C=O) groups is 2. The second-order valence-corrected chi connectivity index (χ2v) is 3.07. The maximum atomic E-state index is 11.4. The van der Waals surface area contributed by atoms with Crippen molar-refractivity contribution in [2.45, 2.75) is 6.42 Å². The second kappa shape index (κ2) is 5.98. The summed E-state index contributed by atoms with van der Waals surface area (Å²) >= 11 is 0. The van der Waals surface area contributed by atoms with E-state index in [2.05, 4.69) is 10.3 Å². The van der Waals surface area contributed by atoms with Crippen LogP contribution in [0.25, 0.3) is 0 Å². The van der Waals surface area contributed by atoms with Gasteiger partial charge in [-0.1, -0.05) is 0 Å². The van der Waals surface area contributed by atoms with Crippen LogP contribution in [0.2, 0.25) is 0 Å². The summed E-state index contributed by atoms with van der Waals surface area (Å²) in [5, 5.41) is 2.71. The first-order valence-corrected chi connectivity index (χ1v) is 4.68. The molecule has 15 heavy (non-hydrogen) atoms. The number of carbonyl (C=O) groups excluding carboxylic acids is 2. The highest BCUT2D eigenvalue weighted by atomic mass is 16.5. The predicted molar refractivity (Wildman–Crippen MR) is 55.0 cm³/mol. The lowest BCUT2D eigenvalue weighted by Crippen LogP contribution is -2.25. The monoisotopic (exact) mass is 210 g/mol. The molecule has 1 amide bonds. The van der Waals surface area contributed by atoms with Crippen LogP contribution < -0.4 is 5.32 Å². The molecule has 1 aromatic rings. The Bertz CT molecular complexity index is 333. The van der Waals surface area contributed by atoms with Crippen LogP contribution in [0.5, 0.6) is 0 Å². The number of aromatic amines is 1. The van der Waals surface area contributed by atoms with E-state index in [4.69, 9.17) is 4.74 Å². The third-order valence-corrected chi connectivity index (χ3v) is 1.90. The van der Waals surface area contributed by atoms with E-state index in [1.807, 2.05) is 0 Å². The minimum atomic E-state index is -0.209. The SMILES string of the molecule is COCCCNC(=O)c1cc(C=O)c[nH]1. The van der Waals surface area contributed by atoms with E-state index in [1.54, 1.807) is 7.11 Å². The van der Waals surface area contributed by atoms with Gasteiger partial charge < -0.3 is 15.0 Å². The van der Waals surface area contributed by atoms with Gasteiger partial charge in [0.1, 0.15) is 5.69 Å². The zero-order valence-electron chi connectivity index (χ0n) is 8.58. The quantitative estimate of drug-likeness (QED) is 0.533. The Kier molecular flexibility index (Phi) is 4.56. The summed E-state index contributed by atoms with van der Waals surface area (Å²) in [5.41, 5.74) is 0.867. The fraction of sp³-hybridized carbons (Fsp3) is 0.400. The van der Waals surface area contributed by atoms with Crippen molar-refractivity contribution >= 4 is 12.2 Å². The minimum Gasteiger partial charge on any atom is -0.385 e. The lowest BCUT2D eigenvalue weighted by atomic mass is 10.3. The molecule has 0 unspecified atom stereocenters. The van der Waals surface area contributed by atoms with Crippen LogP contribution in [0.3, 0.4) is 0 Å². The molecule has 0 aliphatic carbocycles. The Morgan fingerprint density at radius 2 is 2.47 bits per heavy atom. The third-order valence-electron chi connectivity index (χ3n) is 1.90. The number of rotatable bonds is 6. The fourth-order valence-electron chi connectivity index (χ4n) is 1.12. The molecule has 5 heteroatoms. The molecule has 2 N–H and O–H groups in total. The lowest BCUT2D eigenvalue weighted by molar-refractivity contribution is 0.0944. The first-order valence-electron chi connectivity index (χ1n) is 4.68. The van der Waals surface area contributed by atoms with E-state index in [9.17, 15) is 9.59 Å². The third kappa shape index (κ3) is 3.55. The standard InChI is InChI=1S/C10H14N2O3/c1-15-4-2-3-11-10(14)9-5-8(7-13)6-12-9/h5-7,12H,2-4H2,1H3,(H,11,14). The van der Waals surface area contributed by atoms with Gasteiger partial charge in [-0.2, -0.15) is 0 Å². The van der Waals surface area contributed by atoms with Crippen LogP contribution in [0, 0.1) is 0 Å². The van der Waals surface area contributed by atoms with E-state index in [0.29, 0.717) is 30.7 Å². The van der Waals surface area contributed by atoms with Crippen LogP contribution in [-0.4, -0.2) is 37.4 Å². The van der Waals surface area contributed by atoms with Crippen molar-refractivity contribution in [1.29, 1.82) is 0 Å². The summed E-state index contributed by atoms with van der Waals surface area (Å²) in [5.74, 6) is -0.209. The van der Waals surface area contributed by atoms with Crippen LogP contribution in [0.4, 0.5) is 0 Å². The van der Waals surface area contributed by atoms with Gasteiger partial charge in [0.2, 0.25) is 0 Å². The summed E-state index contributed by atoms with van der Waals surface area (Å²) < 4.78 is 4.85. The minimum absolute atomic E-state index is 0.209. The molecular formula is C10H14N2O3. The fourth-order valence-corrected chi connectivity index (χ4v) is 1.12. The molecule has 0 spiro atoms. The lowest BCUT2D eigenvalue weighted by Gasteiger charge is -2.02. The molecule has 5 nitrogen and oxygen atoms in total. The van der Waals surface area contributed by atoms with Crippen molar-refractivity contribution in [1.82, 2.24) is 10.3 Å².